The van der Waals surface area contributed by atoms with Crippen LogP contribution in [0, 0.1) is 5.92 Å². The summed E-state index contributed by atoms with van der Waals surface area (Å²) in [7, 11) is 0. The van der Waals surface area contributed by atoms with Gasteiger partial charge in [-0.2, -0.15) is 0 Å². The van der Waals surface area contributed by atoms with Gasteiger partial charge in [-0.25, -0.2) is 4.98 Å². The summed E-state index contributed by atoms with van der Waals surface area (Å²) >= 11 is 0. The Hall–Kier alpha value is -2.40. The van der Waals surface area contributed by atoms with Crippen LogP contribution in [-0.4, -0.2) is 55.1 Å². The third-order valence-corrected chi connectivity index (χ3v) is 5.92. The smallest absolute Gasteiger partial charge is 0.252 e. The van der Waals surface area contributed by atoms with Crippen molar-refractivity contribution in [2.45, 2.75) is 25.7 Å². The molecule has 28 heavy (non-hydrogen) atoms. The lowest BCUT2D eigenvalue weighted by atomic mass is 10.1. The van der Waals surface area contributed by atoms with E-state index in [4.69, 9.17) is 0 Å². The van der Waals surface area contributed by atoms with Crippen LogP contribution in [0.4, 0.5) is 5.82 Å². The van der Waals surface area contributed by atoms with Crippen molar-refractivity contribution < 1.29 is 4.79 Å². The molecule has 3 heterocycles. The van der Waals surface area contributed by atoms with Crippen LogP contribution < -0.4 is 10.2 Å². The molecule has 5 nitrogen and oxygen atoms in total. The highest BCUT2D eigenvalue weighted by molar-refractivity contribution is 5.94. The third-order valence-electron chi connectivity index (χ3n) is 5.92. The van der Waals surface area contributed by atoms with E-state index in [1.807, 2.05) is 12.1 Å². The zero-order valence-electron chi connectivity index (χ0n) is 16.5. The number of nitrogens with zero attached hydrogens (tertiary/aromatic N) is 3. The quantitative estimate of drug-likeness (QED) is 0.805. The van der Waals surface area contributed by atoms with Crippen molar-refractivity contribution in [2.24, 2.45) is 5.92 Å². The monoisotopic (exact) mass is 378 g/mol. The predicted molar refractivity (Wildman–Crippen MR) is 113 cm³/mol. The number of benzene rings is 1. The van der Waals surface area contributed by atoms with Gasteiger partial charge in [-0.3, -0.25) is 4.79 Å². The molecule has 2 aliphatic rings. The number of hydrogen-bond acceptors (Lipinski definition) is 4. The zero-order chi connectivity index (χ0) is 19.2. The summed E-state index contributed by atoms with van der Waals surface area (Å²) in [5, 5.41) is 3.11. The van der Waals surface area contributed by atoms with Gasteiger partial charge in [0.15, 0.2) is 0 Å². The number of likely N-dealkylation sites (tertiary alicyclic amines) is 1. The second-order valence-corrected chi connectivity index (χ2v) is 8.00. The van der Waals surface area contributed by atoms with Gasteiger partial charge in [0.2, 0.25) is 0 Å². The summed E-state index contributed by atoms with van der Waals surface area (Å²) in [5.41, 5.74) is 2.05. The van der Waals surface area contributed by atoms with E-state index in [0.717, 1.165) is 57.9 Å². The van der Waals surface area contributed by atoms with Gasteiger partial charge in [0, 0.05) is 38.9 Å². The van der Waals surface area contributed by atoms with Crippen molar-refractivity contribution in [3.63, 3.8) is 0 Å². The van der Waals surface area contributed by atoms with Gasteiger partial charge in [0.25, 0.3) is 5.91 Å². The summed E-state index contributed by atoms with van der Waals surface area (Å²) in [4.78, 5) is 21.7. The average molecular weight is 379 g/mol. The summed E-state index contributed by atoms with van der Waals surface area (Å²) in [6, 6.07) is 14.5. The summed E-state index contributed by atoms with van der Waals surface area (Å²) in [6.45, 7) is 6.17. The van der Waals surface area contributed by atoms with Crippen LogP contribution in [0.15, 0.2) is 48.7 Å². The Balaban J connectivity index is 1.19. The van der Waals surface area contributed by atoms with Gasteiger partial charge < -0.3 is 15.1 Å². The number of hydrogen-bond donors (Lipinski definition) is 1. The first kappa shape index (κ1) is 18.9. The van der Waals surface area contributed by atoms with Gasteiger partial charge in [-0.1, -0.05) is 30.3 Å². The number of rotatable bonds is 7. The minimum absolute atomic E-state index is 0.0109. The van der Waals surface area contributed by atoms with Crippen LogP contribution in [0.3, 0.4) is 0 Å². The SMILES string of the molecule is O=C(NCC1CCN(CCc2ccccc2)C1)c1ccc(N2CCCC2)nc1. The average Bonchev–Trinajstić information content (AvgIpc) is 3.44. The van der Waals surface area contributed by atoms with Crippen molar-refractivity contribution in [3.05, 3.63) is 59.8 Å². The van der Waals surface area contributed by atoms with E-state index in [9.17, 15) is 4.79 Å². The van der Waals surface area contributed by atoms with E-state index in [-0.39, 0.29) is 5.91 Å². The minimum atomic E-state index is -0.0109. The predicted octanol–water partition coefficient (Wildman–Crippen LogP) is 2.98. The molecule has 0 bridgehead atoms. The Labute approximate surface area is 167 Å². The highest BCUT2D eigenvalue weighted by Crippen LogP contribution is 2.18. The van der Waals surface area contributed by atoms with Crippen molar-refractivity contribution in [3.8, 4) is 0 Å². The lowest BCUT2D eigenvalue weighted by molar-refractivity contribution is 0.0947. The molecule has 1 N–H and O–H groups in total. The fourth-order valence-electron chi connectivity index (χ4n) is 4.21. The van der Waals surface area contributed by atoms with Crippen LogP contribution >= 0.6 is 0 Å². The highest BCUT2D eigenvalue weighted by Gasteiger charge is 2.23. The molecule has 0 radical (unpaired) electrons. The molecule has 5 heteroatoms. The molecule has 2 fully saturated rings. The number of carbonyl (C=O) groups excluding carboxylic acids is 1. The van der Waals surface area contributed by atoms with E-state index < -0.39 is 0 Å². The van der Waals surface area contributed by atoms with Crippen LogP contribution in [0.5, 0.6) is 0 Å². The number of amides is 1. The second-order valence-electron chi connectivity index (χ2n) is 8.00. The Bertz CT molecular complexity index is 756. The number of aromatic nitrogens is 1. The van der Waals surface area contributed by atoms with Gasteiger partial charge in [-0.05, 0) is 55.8 Å². The summed E-state index contributed by atoms with van der Waals surface area (Å²) < 4.78 is 0. The normalized spacial score (nSPS) is 19.9. The van der Waals surface area contributed by atoms with E-state index in [1.54, 1.807) is 6.20 Å². The summed E-state index contributed by atoms with van der Waals surface area (Å²) in [6.07, 6.45) is 6.42. The maximum absolute atomic E-state index is 12.4. The van der Waals surface area contributed by atoms with Crippen molar-refractivity contribution in [1.29, 1.82) is 0 Å². The molecule has 4 rings (SSSR count). The lowest BCUT2D eigenvalue weighted by Crippen LogP contribution is -2.31. The maximum Gasteiger partial charge on any atom is 0.252 e. The number of nitrogens with one attached hydrogen (secondary N) is 1. The first-order chi connectivity index (χ1) is 13.8. The maximum atomic E-state index is 12.4. The molecular weight excluding hydrogens is 348 g/mol. The molecule has 2 aromatic rings. The minimum Gasteiger partial charge on any atom is -0.357 e. The van der Waals surface area contributed by atoms with Crippen molar-refractivity contribution in [2.75, 3.05) is 44.2 Å². The van der Waals surface area contributed by atoms with E-state index in [1.165, 1.54) is 18.4 Å². The Morgan fingerprint density at radius 3 is 2.64 bits per heavy atom. The molecule has 1 unspecified atom stereocenters. The van der Waals surface area contributed by atoms with Crippen molar-refractivity contribution in [1.82, 2.24) is 15.2 Å². The molecule has 2 saturated heterocycles. The fraction of sp³-hybridized carbons (Fsp3) is 0.478. The van der Waals surface area contributed by atoms with E-state index in [2.05, 4.69) is 50.4 Å². The van der Waals surface area contributed by atoms with Crippen LogP contribution in [-0.2, 0) is 6.42 Å². The fourth-order valence-corrected chi connectivity index (χ4v) is 4.21. The topological polar surface area (TPSA) is 48.5 Å². The molecule has 0 spiro atoms. The molecule has 0 aliphatic carbocycles. The standard InChI is InChI=1S/C23H30N4O/c28-23(21-8-9-22(24-17-21)27-12-4-5-13-27)25-16-20-11-15-26(18-20)14-10-19-6-2-1-3-7-19/h1-3,6-9,17,20H,4-5,10-16,18H2,(H,25,28). The Morgan fingerprint density at radius 2 is 1.89 bits per heavy atom. The molecule has 2 aliphatic heterocycles. The molecule has 0 saturated carbocycles. The van der Waals surface area contributed by atoms with E-state index in [0.29, 0.717) is 11.5 Å². The van der Waals surface area contributed by atoms with E-state index >= 15 is 0 Å². The molecule has 1 amide bonds. The first-order valence-electron chi connectivity index (χ1n) is 10.5. The highest BCUT2D eigenvalue weighted by atomic mass is 16.1. The first-order valence-corrected chi connectivity index (χ1v) is 10.5. The largest absolute Gasteiger partial charge is 0.357 e. The number of pyridine rings is 1. The molecule has 1 aromatic heterocycles. The van der Waals surface area contributed by atoms with Crippen LogP contribution in [0.1, 0.15) is 35.2 Å². The molecule has 1 atom stereocenters. The molecule has 148 valence electrons. The van der Waals surface area contributed by atoms with Crippen molar-refractivity contribution >= 4 is 11.7 Å². The van der Waals surface area contributed by atoms with Crippen LogP contribution in [0.2, 0.25) is 0 Å². The number of anilines is 1. The van der Waals surface area contributed by atoms with Gasteiger partial charge in [-0.15, -0.1) is 0 Å². The second kappa shape index (κ2) is 9.20. The van der Waals surface area contributed by atoms with Gasteiger partial charge in [0.05, 0.1) is 5.56 Å². The van der Waals surface area contributed by atoms with Gasteiger partial charge >= 0.3 is 0 Å². The lowest BCUT2D eigenvalue weighted by Gasteiger charge is -2.17. The zero-order valence-corrected chi connectivity index (χ0v) is 16.5. The van der Waals surface area contributed by atoms with Crippen LogP contribution in [0.25, 0.3) is 0 Å². The van der Waals surface area contributed by atoms with Gasteiger partial charge in [0.1, 0.15) is 5.82 Å². The Kier molecular flexibility index (Phi) is 6.22. The summed E-state index contributed by atoms with van der Waals surface area (Å²) in [5.74, 6) is 1.51. The molecule has 1 aromatic carbocycles. The third kappa shape index (κ3) is 4.90. The Morgan fingerprint density at radius 1 is 1.07 bits per heavy atom. The molecular formula is C23H30N4O. The number of carbonyl (C=O) groups is 1.